The number of likely N-dealkylation sites (N-methyl/N-ethyl adjacent to an activating group) is 1. The molecule has 0 aromatic carbocycles. The summed E-state index contributed by atoms with van der Waals surface area (Å²) in [7, 11) is 0.249. The van der Waals surface area contributed by atoms with Gasteiger partial charge in [-0.2, -0.15) is 0 Å². The number of hydrogen-bond donors (Lipinski definition) is 1. The molecule has 0 radical (unpaired) electrons. The van der Waals surface area contributed by atoms with Crippen molar-refractivity contribution in [3.05, 3.63) is 0 Å². The molecule has 0 amide bonds. The fourth-order valence-electron chi connectivity index (χ4n) is 1.49. The van der Waals surface area contributed by atoms with Gasteiger partial charge in [0.15, 0.2) is 0 Å². The Morgan fingerprint density at radius 3 is 2.05 bits per heavy atom. The van der Waals surface area contributed by atoms with Crippen molar-refractivity contribution in [3.63, 3.8) is 0 Å². The largest absolute Gasteiger partial charge is 0.564 e. The van der Waals surface area contributed by atoms with E-state index in [0.717, 1.165) is 6.54 Å². The summed E-state index contributed by atoms with van der Waals surface area (Å²) >= 11 is 0. The highest BCUT2D eigenvalue weighted by Gasteiger charge is 2.29. The Bertz CT molecular complexity index is 308. The second-order valence-corrected chi connectivity index (χ2v) is 12.3. The van der Waals surface area contributed by atoms with Crippen LogP contribution in [-0.2, 0) is 9.22 Å². The molecule has 5 heteroatoms. The summed E-state index contributed by atoms with van der Waals surface area (Å²) in [6.07, 6.45) is 0. The van der Waals surface area contributed by atoms with Crippen molar-refractivity contribution in [2.45, 2.75) is 52.8 Å². The fourth-order valence-corrected chi connectivity index (χ4v) is 2.53. The van der Waals surface area contributed by atoms with Crippen LogP contribution in [0.5, 0.6) is 0 Å². The Hall–Kier alpha value is -0.393. The standard InChI is InChI=1S/C14H31NO3Si/c1-13(2,3)19(7,8)18-10-9-15(6)11-14(4,5)12(16)17/h9-11H2,1-8H3,(H,16,17)/q-1. The van der Waals surface area contributed by atoms with E-state index >= 15 is 0 Å². The van der Waals surface area contributed by atoms with E-state index in [-0.39, 0.29) is 5.04 Å². The van der Waals surface area contributed by atoms with Gasteiger partial charge in [0.2, 0.25) is 0 Å². The number of rotatable bonds is 7. The average Bonchev–Trinajstić information content (AvgIpc) is 2.13. The highest BCUT2D eigenvalue weighted by molar-refractivity contribution is 6.74. The minimum Gasteiger partial charge on any atom is -0.564 e. The summed E-state index contributed by atoms with van der Waals surface area (Å²) < 4.78 is 6.09. The smallest absolute Gasteiger partial charge is 0.310 e. The number of carboxylic acid groups (broad SMARTS) is 1. The third-order valence-corrected chi connectivity index (χ3v) is 8.52. The van der Waals surface area contributed by atoms with Crippen molar-refractivity contribution < 1.29 is 14.3 Å². The van der Waals surface area contributed by atoms with E-state index in [1.807, 2.05) is 11.9 Å². The van der Waals surface area contributed by atoms with Crippen LogP contribution < -0.4 is 0 Å². The molecule has 0 aromatic heterocycles. The second-order valence-electron chi connectivity index (χ2n) is 7.54. The lowest BCUT2D eigenvalue weighted by Gasteiger charge is -2.48. The van der Waals surface area contributed by atoms with E-state index in [9.17, 15) is 4.79 Å². The van der Waals surface area contributed by atoms with Crippen LogP contribution >= 0.6 is 0 Å². The maximum Gasteiger partial charge on any atom is 0.310 e. The average molecular weight is 289 g/mol. The Balaban J connectivity index is 4.20. The molecule has 0 fully saturated rings. The summed E-state index contributed by atoms with van der Waals surface area (Å²) in [6.45, 7) is 16.6. The van der Waals surface area contributed by atoms with Gasteiger partial charge in [0.05, 0.1) is 5.41 Å². The second kappa shape index (κ2) is 6.37. The Morgan fingerprint density at radius 1 is 1.21 bits per heavy atom. The van der Waals surface area contributed by atoms with Crippen LogP contribution in [0.2, 0.25) is 18.1 Å². The SMILES string of the molecule is CN(CCO[Si-](C)(C)C(C)(C)C)CC(C)(C)C(=O)O. The maximum absolute atomic E-state index is 11.1. The molecule has 115 valence electrons. The molecule has 0 saturated carbocycles. The van der Waals surface area contributed by atoms with Gasteiger partial charge in [-0.15, -0.1) is 18.1 Å². The molecule has 1 N–H and O–H groups in total. The van der Waals surface area contributed by atoms with Gasteiger partial charge in [0.1, 0.15) is 0 Å². The number of carbonyl (C=O) groups is 1. The van der Waals surface area contributed by atoms with E-state index in [2.05, 4.69) is 33.9 Å². The van der Waals surface area contributed by atoms with Crippen LogP contribution in [0.25, 0.3) is 0 Å². The molecule has 0 unspecified atom stereocenters. The van der Waals surface area contributed by atoms with Crippen molar-refractivity contribution >= 4 is 14.3 Å². The van der Waals surface area contributed by atoms with Crippen LogP contribution in [0.15, 0.2) is 0 Å². The van der Waals surface area contributed by atoms with E-state index in [0.29, 0.717) is 13.2 Å². The monoisotopic (exact) mass is 289 g/mol. The zero-order valence-electron chi connectivity index (χ0n) is 13.8. The Kier molecular flexibility index (Phi) is 6.24. The van der Waals surface area contributed by atoms with Crippen LogP contribution in [0, 0.1) is 5.41 Å². The minimum absolute atomic E-state index is 0.214. The molecule has 0 aliphatic carbocycles. The normalized spacial score (nSPS) is 13.9. The highest BCUT2D eigenvalue weighted by Crippen LogP contribution is 2.36. The molecule has 0 aromatic rings. The van der Waals surface area contributed by atoms with Gasteiger partial charge in [0.25, 0.3) is 0 Å². The quantitative estimate of drug-likeness (QED) is 0.732. The zero-order valence-corrected chi connectivity index (χ0v) is 14.8. The molecular formula is C14H31NO3Si-. The maximum atomic E-state index is 11.1. The van der Waals surface area contributed by atoms with Crippen LogP contribution in [-0.4, -0.2) is 51.0 Å². The first-order chi connectivity index (χ1) is 8.29. The van der Waals surface area contributed by atoms with Crippen LogP contribution in [0.1, 0.15) is 34.6 Å². The van der Waals surface area contributed by atoms with E-state index in [4.69, 9.17) is 9.53 Å². The number of aliphatic carboxylic acids is 1. The fraction of sp³-hybridized carbons (Fsp3) is 0.929. The Morgan fingerprint density at radius 2 is 1.68 bits per heavy atom. The summed E-state index contributed by atoms with van der Waals surface area (Å²) in [6, 6.07) is 0. The third kappa shape index (κ3) is 6.06. The Labute approximate surface area is 119 Å². The molecule has 0 aliphatic heterocycles. The zero-order chi connectivity index (χ0) is 15.5. The molecule has 0 saturated heterocycles. The molecule has 19 heavy (non-hydrogen) atoms. The van der Waals surface area contributed by atoms with Crippen molar-refractivity contribution in [3.8, 4) is 0 Å². The van der Waals surface area contributed by atoms with Gasteiger partial charge in [-0.25, -0.2) is 0 Å². The molecule has 0 spiro atoms. The first-order valence-electron chi connectivity index (χ1n) is 6.85. The van der Waals surface area contributed by atoms with Gasteiger partial charge < -0.3 is 14.4 Å². The molecule has 4 nitrogen and oxygen atoms in total. The van der Waals surface area contributed by atoms with Gasteiger partial charge in [-0.1, -0.05) is 20.8 Å². The summed E-state index contributed by atoms with van der Waals surface area (Å²) in [5.41, 5.74) is -0.717. The predicted molar refractivity (Wildman–Crippen MR) is 82.1 cm³/mol. The molecular weight excluding hydrogens is 258 g/mol. The predicted octanol–water partition coefficient (Wildman–Crippen LogP) is 3.05. The minimum atomic E-state index is -1.70. The lowest BCUT2D eigenvalue weighted by atomic mass is 9.93. The molecule has 0 atom stereocenters. The van der Waals surface area contributed by atoms with Crippen molar-refractivity contribution in [1.82, 2.24) is 4.90 Å². The van der Waals surface area contributed by atoms with Gasteiger partial charge in [0, 0.05) is 19.7 Å². The van der Waals surface area contributed by atoms with Crippen molar-refractivity contribution in [1.29, 1.82) is 0 Å². The van der Waals surface area contributed by atoms with Crippen molar-refractivity contribution in [2.75, 3.05) is 26.7 Å². The first-order valence-corrected chi connectivity index (χ1v) is 9.76. The van der Waals surface area contributed by atoms with E-state index < -0.39 is 19.7 Å². The van der Waals surface area contributed by atoms with Crippen LogP contribution in [0.4, 0.5) is 0 Å². The number of carboxylic acids is 1. The molecule has 0 heterocycles. The lowest BCUT2D eigenvalue weighted by Crippen LogP contribution is -2.44. The molecule has 0 rings (SSSR count). The van der Waals surface area contributed by atoms with E-state index in [1.165, 1.54) is 0 Å². The third-order valence-electron chi connectivity index (χ3n) is 3.99. The topological polar surface area (TPSA) is 49.8 Å². The summed E-state index contributed by atoms with van der Waals surface area (Å²) in [4.78, 5) is 13.1. The number of hydrogen-bond acceptors (Lipinski definition) is 3. The number of nitrogens with zero attached hydrogens (tertiary/aromatic N) is 1. The van der Waals surface area contributed by atoms with Crippen molar-refractivity contribution in [2.24, 2.45) is 5.41 Å². The molecule has 0 aliphatic rings. The first kappa shape index (κ1) is 18.6. The van der Waals surface area contributed by atoms with Gasteiger partial charge >= 0.3 is 5.97 Å². The summed E-state index contributed by atoms with van der Waals surface area (Å²) in [5, 5.41) is 9.31. The summed E-state index contributed by atoms with van der Waals surface area (Å²) in [5.74, 6) is -0.760. The molecule has 0 bridgehead atoms. The van der Waals surface area contributed by atoms with Crippen LogP contribution in [0.3, 0.4) is 0 Å². The highest BCUT2D eigenvalue weighted by atomic mass is 28.4. The van der Waals surface area contributed by atoms with Gasteiger partial charge in [-0.05, 0) is 29.2 Å². The van der Waals surface area contributed by atoms with E-state index in [1.54, 1.807) is 13.8 Å². The lowest BCUT2D eigenvalue weighted by molar-refractivity contribution is -0.147. The van der Waals surface area contributed by atoms with Gasteiger partial charge in [-0.3, -0.25) is 4.79 Å².